The number of aliphatic hydroxyl groups excluding tert-OH is 1. The molecule has 4 rings (SSSR count). The molecule has 0 spiro atoms. The van der Waals surface area contributed by atoms with Gasteiger partial charge in [0.15, 0.2) is 0 Å². The summed E-state index contributed by atoms with van der Waals surface area (Å²) in [5.74, 6) is -0.720. The van der Waals surface area contributed by atoms with Gasteiger partial charge >= 0.3 is 0 Å². The number of aromatic nitrogens is 1. The molecule has 4 N–H and O–H groups in total. The van der Waals surface area contributed by atoms with E-state index in [0.29, 0.717) is 24.5 Å². The first-order valence-corrected chi connectivity index (χ1v) is 11.2. The van der Waals surface area contributed by atoms with E-state index in [0.717, 1.165) is 48.3 Å². The smallest absolute Gasteiger partial charge is 0.250 e. The molecule has 1 aliphatic rings. The minimum Gasteiger partial charge on any atom is -0.489 e. The van der Waals surface area contributed by atoms with Crippen LogP contribution in [0.1, 0.15) is 22.9 Å². The summed E-state index contributed by atoms with van der Waals surface area (Å²) in [6, 6.07) is 17.1. The Labute approximate surface area is 193 Å². The van der Waals surface area contributed by atoms with Crippen LogP contribution in [0.4, 0.5) is 0 Å². The fourth-order valence-electron chi connectivity index (χ4n) is 4.25. The van der Waals surface area contributed by atoms with Crippen molar-refractivity contribution in [1.29, 1.82) is 0 Å². The van der Waals surface area contributed by atoms with E-state index in [1.54, 1.807) is 29.7 Å². The van der Waals surface area contributed by atoms with Crippen LogP contribution in [-0.2, 0) is 11.4 Å². The number of hydroxylamine groups is 1. The lowest BCUT2D eigenvalue weighted by Crippen LogP contribution is -2.48. The number of nitrogens with zero attached hydrogens (tertiary/aromatic N) is 2. The van der Waals surface area contributed by atoms with Crippen molar-refractivity contribution in [3.8, 4) is 5.75 Å². The lowest BCUT2D eigenvalue weighted by molar-refractivity contribution is -0.138. The van der Waals surface area contributed by atoms with Gasteiger partial charge < -0.3 is 15.2 Å². The minimum absolute atomic E-state index is 0.363. The van der Waals surface area contributed by atoms with Gasteiger partial charge in [-0.15, -0.1) is 0 Å². The molecular weight excluding hydrogens is 420 g/mol. The average molecular weight is 451 g/mol. The second-order valence-electron chi connectivity index (χ2n) is 8.38. The monoisotopic (exact) mass is 450 g/mol. The zero-order valence-electron chi connectivity index (χ0n) is 18.7. The van der Waals surface area contributed by atoms with Crippen LogP contribution in [-0.4, -0.2) is 58.8 Å². The molecule has 1 aromatic heterocycles. The lowest BCUT2D eigenvalue weighted by Gasteiger charge is -2.32. The molecule has 0 bridgehead atoms. The zero-order valence-corrected chi connectivity index (χ0v) is 18.7. The van der Waals surface area contributed by atoms with E-state index < -0.39 is 17.9 Å². The number of fused-ring (bicyclic) bond motifs is 1. The van der Waals surface area contributed by atoms with Crippen LogP contribution in [0.25, 0.3) is 10.9 Å². The fraction of sp³-hybridized carbons (Fsp3) is 0.360. The zero-order chi connectivity index (χ0) is 23.2. The first-order valence-electron chi connectivity index (χ1n) is 11.2. The predicted molar refractivity (Wildman–Crippen MR) is 125 cm³/mol. The number of aliphatic hydroxyl groups is 1. The van der Waals surface area contributed by atoms with E-state index in [2.05, 4.69) is 15.2 Å². The van der Waals surface area contributed by atoms with E-state index in [9.17, 15) is 15.1 Å². The third-order valence-corrected chi connectivity index (χ3v) is 6.04. The summed E-state index contributed by atoms with van der Waals surface area (Å²) in [7, 11) is 0. The van der Waals surface area contributed by atoms with Crippen LogP contribution in [0.3, 0.4) is 0 Å². The number of amides is 1. The summed E-state index contributed by atoms with van der Waals surface area (Å²) >= 11 is 0. The average Bonchev–Trinajstić information content (AvgIpc) is 2.86. The van der Waals surface area contributed by atoms with Crippen LogP contribution in [0.5, 0.6) is 5.75 Å². The van der Waals surface area contributed by atoms with Crippen molar-refractivity contribution in [3.63, 3.8) is 0 Å². The highest BCUT2D eigenvalue weighted by Gasteiger charge is 2.30. The first-order chi connectivity index (χ1) is 16.0. The van der Waals surface area contributed by atoms with E-state index in [-0.39, 0.29) is 0 Å². The summed E-state index contributed by atoms with van der Waals surface area (Å²) in [5.41, 5.74) is 5.22. The minimum atomic E-state index is -1.05. The van der Waals surface area contributed by atoms with Crippen LogP contribution in [0.15, 0.2) is 54.6 Å². The van der Waals surface area contributed by atoms with E-state index in [1.807, 2.05) is 37.3 Å². The molecule has 2 atom stereocenters. The van der Waals surface area contributed by atoms with Crippen molar-refractivity contribution in [2.45, 2.75) is 19.6 Å². The summed E-state index contributed by atoms with van der Waals surface area (Å²) in [4.78, 5) is 18.9. The summed E-state index contributed by atoms with van der Waals surface area (Å²) in [5, 5.41) is 24.4. The largest absolute Gasteiger partial charge is 0.489 e. The summed E-state index contributed by atoms with van der Waals surface area (Å²) in [6.45, 7) is 5.97. The third-order valence-electron chi connectivity index (χ3n) is 6.04. The molecule has 1 aliphatic heterocycles. The number of carbonyl (C=O) groups excluding carboxylic acids is 1. The molecule has 3 aromatic rings. The Hall–Kier alpha value is -3.04. The van der Waals surface area contributed by atoms with Crippen molar-refractivity contribution >= 4 is 16.8 Å². The number of carbonyl (C=O) groups is 1. The van der Waals surface area contributed by atoms with Crippen LogP contribution < -0.4 is 15.5 Å². The molecule has 2 heterocycles. The van der Waals surface area contributed by atoms with Crippen LogP contribution >= 0.6 is 0 Å². The fourth-order valence-corrected chi connectivity index (χ4v) is 4.25. The molecule has 1 amide bonds. The maximum absolute atomic E-state index is 12.3. The number of aryl methyl sites for hydroxylation is 1. The van der Waals surface area contributed by atoms with Crippen molar-refractivity contribution in [2.24, 2.45) is 5.92 Å². The molecule has 8 heteroatoms. The second-order valence-corrected chi connectivity index (χ2v) is 8.38. The molecule has 8 nitrogen and oxygen atoms in total. The maximum Gasteiger partial charge on any atom is 0.250 e. The van der Waals surface area contributed by atoms with E-state index in [4.69, 9.17) is 4.74 Å². The highest BCUT2D eigenvalue weighted by atomic mass is 16.5. The molecule has 33 heavy (non-hydrogen) atoms. The molecule has 2 aromatic carbocycles. The van der Waals surface area contributed by atoms with Gasteiger partial charge in [-0.2, -0.15) is 0 Å². The SMILES string of the molecule is Cc1cc(COc2ccc(C(O)C(CN3CCNCC3)C(=O)NO)cc2)c2ccccc2n1. The van der Waals surface area contributed by atoms with Crippen LogP contribution in [0.2, 0.25) is 0 Å². The third kappa shape index (κ3) is 5.66. The predicted octanol–water partition coefficient (Wildman–Crippen LogP) is 2.18. The van der Waals surface area contributed by atoms with Gasteiger partial charge in [0.25, 0.3) is 5.91 Å². The number of pyridine rings is 1. The Morgan fingerprint density at radius 2 is 1.91 bits per heavy atom. The molecule has 0 radical (unpaired) electrons. The number of piperazine rings is 1. The molecular formula is C25H30N4O4. The van der Waals surface area contributed by atoms with E-state index in [1.165, 1.54) is 0 Å². The van der Waals surface area contributed by atoms with Gasteiger partial charge in [-0.05, 0) is 36.8 Å². The van der Waals surface area contributed by atoms with Gasteiger partial charge in [0.1, 0.15) is 12.4 Å². The lowest BCUT2D eigenvalue weighted by atomic mass is 9.94. The number of benzene rings is 2. The Morgan fingerprint density at radius 1 is 1.18 bits per heavy atom. The number of ether oxygens (including phenoxy) is 1. The summed E-state index contributed by atoms with van der Waals surface area (Å²) < 4.78 is 6.00. The topological polar surface area (TPSA) is 107 Å². The number of hydrogen-bond donors (Lipinski definition) is 4. The number of rotatable bonds is 8. The number of nitrogens with one attached hydrogen (secondary N) is 2. The molecule has 1 saturated heterocycles. The quantitative estimate of drug-likeness (QED) is 0.308. The van der Waals surface area contributed by atoms with Crippen molar-refractivity contribution < 1.29 is 19.8 Å². The second kappa shape index (κ2) is 10.7. The normalized spacial score (nSPS) is 16.3. The maximum atomic E-state index is 12.3. The Morgan fingerprint density at radius 3 is 2.64 bits per heavy atom. The standard InChI is InChI=1S/C25H30N4O4/c1-17-14-19(21-4-2-3-5-23(21)27-17)16-33-20-8-6-18(7-9-20)24(30)22(25(31)28-32)15-29-12-10-26-11-13-29/h2-9,14,22,24,26,30,32H,10-13,15-16H2,1H3,(H,28,31). The number of para-hydroxylation sites is 1. The highest BCUT2D eigenvalue weighted by molar-refractivity contribution is 5.82. The first kappa shape index (κ1) is 23.1. The molecule has 0 aliphatic carbocycles. The van der Waals surface area contributed by atoms with Gasteiger partial charge in [-0.1, -0.05) is 30.3 Å². The number of hydrogen-bond acceptors (Lipinski definition) is 7. The van der Waals surface area contributed by atoms with Gasteiger partial charge in [0.2, 0.25) is 0 Å². The Bertz CT molecular complexity index is 1080. The van der Waals surface area contributed by atoms with Crippen molar-refractivity contribution in [3.05, 3.63) is 71.4 Å². The molecule has 2 unspecified atom stereocenters. The van der Waals surface area contributed by atoms with Gasteiger partial charge in [-0.3, -0.25) is 19.9 Å². The van der Waals surface area contributed by atoms with Crippen LogP contribution in [0, 0.1) is 12.8 Å². The van der Waals surface area contributed by atoms with Crippen molar-refractivity contribution in [2.75, 3.05) is 32.7 Å². The van der Waals surface area contributed by atoms with Gasteiger partial charge in [0.05, 0.1) is 17.5 Å². The Kier molecular flexibility index (Phi) is 7.51. The summed E-state index contributed by atoms with van der Waals surface area (Å²) in [6.07, 6.45) is -1.05. The molecule has 1 fully saturated rings. The van der Waals surface area contributed by atoms with Gasteiger partial charge in [-0.25, -0.2) is 5.48 Å². The molecule has 174 valence electrons. The molecule has 0 saturated carbocycles. The Balaban J connectivity index is 1.44. The van der Waals surface area contributed by atoms with E-state index >= 15 is 0 Å². The highest BCUT2D eigenvalue weighted by Crippen LogP contribution is 2.26. The van der Waals surface area contributed by atoms with Crippen molar-refractivity contribution in [1.82, 2.24) is 20.7 Å². The van der Waals surface area contributed by atoms with Gasteiger partial charge in [0, 0.05) is 49.4 Å².